The summed E-state index contributed by atoms with van der Waals surface area (Å²) in [5.74, 6) is 0.704. The zero-order chi connectivity index (χ0) is 15.0. The largest absolute Gasteiger partial charge is 0.342 e. The lowest BCUT2D eigenvalue weighted by molar-refractivity contribution is -0.158. The van der Waals surface area contributed by atoms with E-state index in [-0.39, 0.29) is 11.8 Å². The number of piperazine rings is 1. The van der Waals surface area contributed by atoms with Crippen LogP contribution in [-0.4, -0.2) is 43.1 Å². The number of amides is 2. The van der Waals surface area contributed by atoms with Crippen molar-refractivity contribution in [1.29, 1.82) is 0 Å². The van der Waals surface area contributed by atoms with Gasteiger partial charge in [0.25, 0.3) is 0 Å². The molecular formula is C14H21N5O2. The lowest BCUT2D eigenvalue weighted by Crippen LogP contribution is -2.69. The fraction of sp³-hybridized carbons (Fsp3) is 0.714. The van der Waals surface area contributed by atoms with Gasteiger partial charge in [-0.15, -0.1) is 0 Å². The van der Waals surface area contributed by atoms with Gasteiger partial charge in [-0.1, -0.05) is 19.8 Å². The Balaban J connectivity index is 1.96. The molecule has 1 aliphatic heterocycles. The Morgan fingerprint density at radius 1 is 1.38 bits per heavy atom. The van der Waals surface area contributed by atoms with E-state index in [1.54, 1.807) is 16.6 Å². The number of carbonyl (C=O) groups excluding carboxylic acids is 2. The van der Waals surface area contributed by atoms with Gasteiger partial charge in [0.1, 0.15) is 23.7 Å². The van der Waals surface area contributed by atoms with Crippen LogP contribution >= 0.6 is 0 Å². The third kappa shape index (κ3) is 2.11. The second-order valence-corrected chi connectivity index (χ2v) is 5.90. The Hall–Kier alpha value is -1.92. The monoisotopic (exact) mass is 291 g/mol. The molecule has 1 aromatic heterocycles. The third-order valence-corrected chi connectivity index (χ3v) is 4.75. The summed E-state index contributed by atoms with van der Waals surface area (Å²) in [6.07, 6.45) is 5.51. The molecule has 114 valence electrons. The molecule has 1 aliphatic carbocycles. The first-order chi connectivity index (χ1) is 10.1. The molecule has 2 fully saturated rings. The van der Waals surface area contributed by atoms with E-state index in [2.05, 4.69) is 15.4 Å². The number of aryl methyl sites for hydroxylation is 1. The number of rotatable bonds is 3. The van der Waals surface area contributed by atoms with Gasteiger partial charge in [-0.05, 0) is 19.3 Å². The van der Waals surface area contributed by atoms with E-state index in [1.807, 2.05) is 6.92 Å². The Kier molecular flexibility index (Phi) is 3.43. The van der Waals surface area contributed by atoms with Crippen LogP contribution < -0.4 is 5.32 Å². The number of nitrogens with zero attached hydrogens (tertiary/aromatic N) is 4. The first-order valence-corrected chi connectivity index (χ1v) is 7.54. The molecule has 1 atom stereocenters. The highest BCUT2D eigenvalue weighted by molar-refractivity contribution is 5.99. The number of nitrogens with one attached hydrogen (secondary N) is 1. The van der Waals surface area contributed by atoms with Crippen molar-refractivity contribution in [3.63, 3.8) is 0 Å². The van der Waals surface area contributed by atoms with Crippen molar-refractivity contribution in [2.75, 3.05) is 0 Å². The molecule has 1 saturated carbocycles. The quantitative estimate of drug-likeness (QED) is 0.872. The molecule has 21 heavy (non-hydrogen) atoms. The summed E-state index contributed by atoms with van der Waals surface area (Å²) < 4.78 is 1.66. The van der Waals surface area contributed by atoms with Crippen LogP contribution in [0.25, 0.3) is 0 Å². The summed E-state index contributed by atoms with van der Waals surface area (Å²) in [5.41, 5.74) is -0.686. The highest BCUT2D eigenvalue weighted by Crippen LogP contribution is 2.39. The van der Waals surface area contributed by atoms with Gasteiger partial charge in [0, 0.05) is 7.05 Å². The number of carbonyl (C=O) groups is 2. The molecule has 0 radical (unpaired) electrons. The fourth-order valence-electron chi connectivity index (χ4n) is 3.44. The Morgan fingerprint density at radius 2 is 2.10 bits per heavy atom. The second-order valence-electron chi connectivity index (χ2n) is 5.90. The van der Waals surface area contributed by atoms with Crippen LogP contribution in [0, 0.1) is 0 Å². The van der Waals surface area contributed by atoms with Gasteiger partial charge in [0.05, 0.1) is 6.54 Å². The summed E-state index contributed by atoms with van der Waals surface area (Å²) in [5, 5.41) is 6.95. The van der Waals surface area contributed by atoms with Crippen LogP contribution in [0.3, 0.4) is 0 Å². The van der Waals surface area contributed by atoms with Crippen LogP contribution in [0.5, 0.6) is 0 Å². The van der Waals surface area contributed by atoms with Crippen LogP contribution in [0.1, 0.15) is 44.9 Å². The highest BCUT2D eigenvalue weighted by atomic mass is 16.2. The molecule has 1 unspecified atom stereocenters. The number of aromatic nitrogens is 3. The van der Waals surface area contributed by atoms with Gasteiger partial charge in [-0.2, -0.15) is 5.10 Å². The number of hydrogen-bond donors (Lipinski definition) is 1. The molecule has 7 nitrogen and oxygen atoms in total. The van der Waals surface area contributed by atoms with Crippen LogP contribution in [-0.2, 0) is 23.2 Å². The molecule has 3 rings (SSSR count). The summed E-state index contributed by atoms with van der Waals surface area (Å²) in [6, 6.07) is -0.419. The maximum Gasteiger partial charge on any atom is 0.246 e. The van der Waals surface area contributed by atoms with Crippen molar-refractivity contribution in [2.45, 2.75) is 57.2 Å². The van der Waals surface area contributed by atoms with Gasteiger partial charge in [-0.3, -0.25) is 14.3 Å². The summed E-state index contributed by atoms with van der Waals surface area (Å²) in [6.45, 7) is 2.26. The van der Waals surface area contributed by atoms with E-state index < -0.39 is 11.6 Å². The smallest absolute Gasteiger partial charge is 0.246 e. The molecule has 1 spiro atoms. The van der Waals surface area contributed by atoms with Crippen LogP contribution in [0.4, 0.5) is 0 Å². The SMILES string of the molecule is CCC1NC(=O)C2(CCCC2)N(Cc2ncnn2C)C1=O. The zero-order valence-corrected chi connectivity index (χ0v) is 12.5. The highest BCUT2D eigenvalue weighted by Gasteiger charge is 2.53. The van der Waals surface area contributed by atoms with Crippen molar-refractivity contribution in [3.05, 3.63) is 12.2 Å². The Bertz CT molecular complexity index is 561. The maximum atomic E-state index is 12.8. The van der Waals surface area contributed by atoms with E-state index in [0.717, 1.165) is 25.7 Å². The van der Waals surface area contributed by atoms with E-state index in [1.165, 1.54) is 6.33 Å². The molecule has 2 amide bonds. The lowest BCUT2D eigenvalue weighted by atomic mass is 9.89. The van der Waals surface area contributed by atoms with Crippen LogP contribution in [0.2, 0.25) is 0 Å². The summed E-state index contributed by atoms with van der Waals surface area (Å²) in [7, 11) is 1.80. The predicted molar refractivity (Wildman–Crippen MR) is 75.0 cm³/mol. The fourth-order valence-corrected chi connectivity index (χ4v) is 3.44. The van der Waals surface area contributed by atoms with Crippen molar-refractivity contribution in [2.24, 2.45) is 7.05 Å². The third-order valence-electron chi connectivity index (χ3n) is 4.75. The van der Waals surface area contributed by atoms with Crippen molar-refractivity contribution in [1.82, 2.24) is 25.0 Å². The molecule has 0 bridgehead atoms. The number of hydrogen-bond acceptors (Lipinski definition) is 4. The van der Waals surface area contributed by atoms with Gasteiger partial charge in [-0.25, -0.2) is 4.98 Å². The van der Waals surface area contributed by atoms with Crippen LogP contribution in [0.15, 0.2) is 6.33 Å². The first kappa shape index (κ1) is 14.0. The molecule has 2 aliphatic rings. The standard InChI is InChI=1S/C14H21N5O2/c1-3-10-12(20)19(8-11-15-9-16-18(11)2)14(13(21)17-10)6-4-5-7-14/h9-10H,3-8H2,1-2H3,(H,17,21). The minimum Gasteiger partial charge on any atom is -0.342 e. The van der Waals surface area contributed by atoms with E-state index in [4.69, 9.17) is 0 Å². The zero-order valence-electron chi connectivity index (χ0n) is 12.5. The summed E-state index contributed by atoms with van der Waals surface area (Å²) >= 11 is 0. The summed E-state index contributed by atoms with van der Waals surface area (Å²) in [4.78, 5) is 31.3. The maximum absolute atomic E-state index is 12.8. The normalized spacial score (nSPS) is 24.7. The van der Waals surface area contributed by atoms with Gasteiger partial charge < -0.3 is 10.2 Å². The van der Waals surface area contributed by atoms with Crippen molar-refractivity contribution in [3.8, 4) is 0 Å². The first-order valence-electron chi connectivity index (χ1n) is 7.54. The van der Waals surface area contributed by atoms with Gasteiger partial charge in [0.2, 0.25) is 11.8 Å². The average Bonchev–Trinajstić information content (AvgIpc) is 3.10. The topological polar surface area (TPSA) is 80.1 Å². The van der Waals surface area contributed by atoms with E-state index >= 15 is 0 Å². The van der Waals surface area contributed by atoms with Gasteiger partial charge >= 0.3 is 0 Å². The molecule has 1 N–H and O–H groups in total. The molecule has 7 heteroatoms. The molecule has 1 saturated heterocycles. The molecule has 2 heterocycles. The lowest BCUT2D eigenvalue weighted by Gasteiger charge is -2.46. The minimum atomic E-state index is -0.686. The second kappa shape index (κ2) is 5.13. The Labute approximate surface area is 123 Å². The predicted octanol–water partition coefficient (Wildman–Crippen LogP) is 0.365. The molecule has 1 aromatic rings. The minimum absolute atomic E-state index is 0.00185. The Morgan fingerprint density at radius 3 is 2.67 bits per heavy atom. The molecular weight excluding hydrogens is 270 g/mol. The average molecular weight is 291 g/mol. The van der Waals surface area contributed by atoms with E-state index in [0.29, 0.717) is 18.8 Å². The van der Waals surface area contributed by atoms with Crippen molar-refractivity contribution < 1.29 is 9.59 Å². The van der Waals surface area contributed by atoms with E-state index in [9.17, 15) is 9.59 Å². The molecule has 0 aromatic carbocycles. The van der Waals surface area contributed by atoms with Gasteiger partial charge in [0.15, 0.2) is 0 Å². The van der Waals surface area contributed by atoms with Crippen molar-refractivity contribution >= 4 is 11.8 Å².